The molecule has 0 amide bonds. The van der Waals surface area contributed by atoms with E-state index in [4.69, 9.17) is 10.8 Å². The molecular formula is C10H13N5O5. The smallest absolute Gasteiger partial charge is 0.280 e. The molecule has 0 aliphatic rings. The Morgan fingerprint density at radius 2 is 2.00 bits per heavy atom. The van der Waals surface area contributed by atoms with Crippen molar-refractivity contribution in [3.63, 3.8) is 0 Å². The third-order valence-corrected chi connectivity index (χ3v) is 2.66. The van der Waals surface area contributed by atoms with E-state index in [0.717, 1.165) is 6.20 Å². The molecule has 0 aliphatic heterocycles. The van der Waals surface area contributed by atoms with Crippen LogP contribution in [0.2, 0.25) is 0 Å². The highest BCUT2D eigenvalue weighted by Crippen LogP contribution is 2.17. The summed E-state index contributed by atoms with van der Waals surface area (Å²) in [6.07, 6.45) is -3.75. The van der Waals surface area contributed by atoms with Crippen molar-refractivity contribution in [3.8, 4) is 0 Å². The molecule has 3 atom stereocenters. The van der Waals surface area contributed by atoms with E-state index >= 15 is 0 Å². The average molecular weight is 283 g/mol. The van der Waals surface area contributed by atoms with Crippen LogP contribution in [0, 0.1) is 0 Å². The number of nitrogen functional groups attached to an aromatic ring is 1. The van der Waals surface area contributed by atoms with Crippen LogP contribution < -0.4 is 11.3 Å². The summed E-state index contributed by atoms with van der Waals surface area (Å²) in [4.78, 5) is 25.2. The van der Waals surface area contributed by atoms with Crippen molar-refractivity contribution >= 4 is 17.1 Å². The number of hydrogen-bond acceptors (Lipinski definition) is 9. The molecule has 20 heavy (non-hydrogen) atoms. The van der Waals surface area contributed by atoms with E-state index in [9.17, 15) is 20.1 Å². The van der Waals surface area contributed by atoms with Crippen LogP contribution in [0.15, 0.2) is 11.0 Å². The number of fused-ring (bicyclic) bond motifs is 1. The molecule has 0 aliphatic carbocycles. The summed E-state index contributed by atoms with van der Waals surface area (Å²) in [5.41, 5.74) is 4.37. The number of aliphatic hydroxyl groups is 4. The summed E-state index contributed by atoms with van der Waals surface area (Å²) in [7, 11) is 0. The summed E-state index contributed by atoms with van der Waals surface area (Å²) in [5.74, 6) is -0.124. The lowest BCUT2D eigenvalue weighted by Gasteiger charge is -2.20. The number of nitrogens with zero attached hydrogens (tertiary/aromatic N) is 3. The van der Waals surface area contributed by atoms with Gasteiger partial charge < -0.3 is 26.2 Å². The van der Waals surface area contributed by atoms with Gasteiger partial charge in [-0.25, -0.2) is 9.97 Å². The first kappa shape index (κ1) is 14.3. The number of anilines is 1. The molecule has 0 aromatic carbocycles. The molecule has 7 N–H and O–H groups in total. The molecule has 108 valence electrons. The van der Waals surface area contributed by atoms with Gasteiger partial charge >= 0.3 is 0 Å². The van der Waals surface area contributed by atoms with Crippen molar-refractivity contribution in [3.05, 3.63) is 22.2 Å². The quantitative estimate of drug-likeness (QED) is 0.342. The summed E-state index contributed by atoms with van der Waals surface area (Å²) >= 11 is 0. The van der Waals surface area contributed by atoms with Crippen LogP contribution in [0.5, 0.6) is 0 Å². The first-order chi connectivity index (χ1) is 9.43. The van der Waals surface area contributed by atoms with E-state index in [1.54, 1.807) is 0 Å². The van der Waals surface area contributed by atoms with Gasteiger partial charge in [0.15, 0.2) is 11.2 Å². The zero-order valence-corrected chi connectivity index (χ0v) is 10.1. The topological polar surface area (TPSA) is 178 Å². The van der Waals surface area contributed by atoms with E-state index in [2.05, 4.69) is 19.9 Å². The Hall–Kier alpha value is -2.14. The van der Waals surface area contributed by atoms with Gasteiger partial charge in [0.2, 0.25) is 5.95 Å². The summed E-state index contributed by atoms with van der Waals surface area (Å²) in [5, 5.41) is 37.4. The minimum atomic E-state index is -1.67. The first-order valence-electron chi connectivity index (χ1n) is 5.61. The van der Waals surface area contributed by atoms with Crippen LogP contribution in [0.3, 0.4) is 0 Å². The van der Waals surface area contributed by atoms with Crippen molar-refractivity contribution in [2.75, 3.05) is 12.3 Å². The van der Waals surface area contributed by atoms with E-state index < -0.39 is 30.5 Å². The molecule has 0 bridgehead atoms. The molecule has 2 aromatic heterocycles. The fourth-order valence-electron chi connectivity index (χ4n) is 1.58. The minimum absolute atomic E-state index is 0.0144. The zero-order valence-electron chi connectivity index (χ0n) is 10.1. The van der Waals surface area contributed by atoms with Crippen LogP contribution in [0.4, 0.5) is 5.95 Å². The zero-order chi connectivity index (χ0) is 14.9. The van der Waals surface area contributed by atoms with Gasteiger partial charge in [-0.3, -0.25) is 9.78 Å². The van der Waals surface area contributed by atoms with E-state index in [0.29, 0.717) is 0 Å². The Morgan fingerprint density at radius 1 is 1.30 bits per heavy atom. The van der Waals surface area contributed by atoms with Gasteiger partial charge in [-0.2, -0.15) is 4.98 Å². The fraction of sp³-hybridized carbons (Fsp3) is 0.400. The van der Waals surface area contributed by atoms with Crippen molar-refractivity contribution in [1.29, 1.82) is 0 Å². The molecule has 2 rings (SSSR count). The summed E-state index contributed by atoms with van der Waals surface area (Å²) in [6.45, 7) is -0.738. The number of aromatic nitrogens is 4. The van der Waals surface area contributed by atoms with Crippen LogP contribution in [-0.2, 0) is 0 Å². The molecule has 0 fully saturated rings. The lowest BCUT2D eigenvalue weighted by Crippen LogP contribution is -2.35. The number of nitrogens with two attached hydrogens (primary N) is 1. The molecule has 0 saturated carbocycles. The van der Waals surface area contributed by atoms with Crippen LogP contribution in [0.1, 0.15) is 11.8 Å². The first-order valence-corrected chi connectivity index (χ1v) is 5.61. The molecule has 10 heteroatoms. The van der Waals surface area contributed by atoms with Crippen LogP contribution in [0.25, 0.3) is 11.2 Å². The fourth-order valence-corrected chi connectivity index (χ4v) is 1.58. The molecule has 3 unspecified atom stereocenters. The van der Waals surface area contributed by atoms with Gasteiger partial charge in [-0.1, -0.05) is 0 Å². The van der Waals surface area contributed by atoms with Gasteiger partial charge in [-0.15, -0.1) is 0 Å². The Morgan fingerprint density at radius 3 is 2.65 bits per heavy atom. The third-order valence-electron chi connectivity index (χ3n) is 2.66. The minimum Gasteiger partial charge on any atom is -0.394 e. The summed E-state index contributed by atoms with van der Waals surface area (Å²) < 4.78 is 0. The maximum atomic E-state index is 11.6. The van der Waals surface area contributed by atoms with Crippen molar-refractivity contribution < 1.29 is 20.4 Å². The van der Waals surface area contributed by atoms with Crippen molar-refractivity contribution in [1.82, 2.24) is 19.9 Å². The Labute approximate surface area is 111 Å². The number of aromatic amines is 1. The molecule has 2 aromatic rings. The van der Waals surface area contributed by atoms with E-state index in [-0.39, 0.29) is 22.8 Å². The van der Waals surface area contributed by atoms with Gasteiger partial charge in [0.1, 0.15) is 18.3 Å². The molecule has 2 heterocycles. The second-order valence-corrected chi connectivity index (χ2v) is 4.10. The van der Waals surface area contributed by atoms with Crippen LogP contribution >= 0.6 is 0 Å². The third kappa shape index (κ3) is 2.58. The van der Waals surface area contributed by atoms with E-state index in [1.807, 2.05) is 0 Å². The highest BCUT2D eigenvalue weighted by atomic mass is 16.4. The average Bonchev–Trinajstić information content (AvgIpc) is 2.44. The van der Waals surface area contributed by atoms with E-state index in [1.165, 1.54) is 0 Å². The lowest BCUT2D eigenvalue weighted by molar-refractivity contribution is -0.0789. The standard InChI is InChI=1S/C10H13N5O5/c11-10-14-8-5(9(20)15-10)13-3(1-12-8)6(18)7(19)4(17)2-16/h1,4,6-7,16-19H,2H2,(H3,11,12,14,15,20). The van der Waals surface area contributed by atoms with Crippen molar-refractivity contribution in [2.45, 2.75) is 18.3 Å². The molecule has 0 radical (unpaired) electrons. The van der Waals surface area contributed by atoms with Gasteiger partial charge in [0.25, 0.3) is 5.56 Å². The molecular weight excluding hydrogens is 270 g/mol. The maximum Gasteiger partial charge on any atom is 0.280 e. The number of hydrogen-bond donors (Lipinski definition) is 6. The Balaban J connectivity index is 2.44. The Bertz CT molecular complexity index is 675. The highest BCUT2D eigenvalue weighted by molar-refractivity contribution is 5.69. The number of H-pyrrole nitrogens is 1. The Kier molecular flexibility index (Phi) is 3.90. The molecule has 10 nitrogen and oxygen atoms in total. The largest absolute Gasteiger partial charge is 0.394 e. The van der Waals surface area contributed by atoms with Gasteiger partial charge in [0, 0.05) is 0 Å². The van der Waals surface area contributed by atoms with Crippen molar-refractivity contribution in [2.24, 2.45) is 0 Å². The number of aliphatic hydroxyl groups excluding tert-OH is 4. The highest BCUT2D eigenvalue weighted by Gasteiger charge is 2.27. The molecule has 0 spiro atoms. The lowest BCUT2D eigenvalue weighted by atomic mass is 10.1. The molecule has 0 saturated heterocycles. The number of rotatable bonds is 4. The normalized spacial score (nSPS) is 16.0. The predicted octanol–water partition coefficient (Wildman–Crippen LogP) is -2.96. The summed E-state index contributed by atoms with van der Waals surface area (Å²) in [6, 6.07) is 0. The monoisotopic (exact) mass is 283 g/mol. The second-order valence-electron chi connectivity index (χ2n) is 4.10. The SMILES string of the molecule is Nc1nc2ncc(C(O)C(O)C(O)CO)nc2c(=O)[nH]1. The maximum absolute atomic E-state index is 11.6. The second kappa shape index (κ2) is 5.46. The predicted molar refractivity (Wildman–Crippen MR) is 66.4 cm³/mol. The van der Waals surface area contributed by atoms with Crippen LogP contribution in [-0.4, -0.2) is 59.2 Å². The van der Waals surface area contributed by atoms with Gasteiger partial charge in [-0.05, 0) is 0 Å². The van der Waals surface area contributed by atoms with Gasteiger partial charge in [0.05, 0.1) is 18.5 Å². The number of nitrogens with one attached hydrogen (secondary N) is 1.